The van der Waals surface area contributed by atoms with Crippen LogP contribution in [0, 0.1) is 0 Å². The lowest BCUT2D eigenvalue weighted by Gasteiger charge is -2.16. The van der Waals surface area contributed by atoms with E-state index < -0.39 is 11.7 Å². The SMILES string of the molecule is CC(Br)C(=O)N1Cc2ccc(NC(=O)c3ccccc3-c3ccc(C(F)(F)F)cc3)cc2C1. The van der Waals surface area contributed by atoms with Crippen LogP contribution in [0.5, 0.6) is 0 Å². The smallest absolute Gasteiger partial charge is 0.333 e. The minimum atomic E-state index is -4.42. The van der Waals surface area contributed by atoms with Gasteiger partial charge in [-0.25, -0.2) is 0 Å². The van der Waals surface area contributed by atoms with E-state index >= 15 is 0 Å². The monoisotopic (exact) mass is 516 g/mol. The van der Waals surface area contributed by atoms with Crippen molar-refractivity contribution in [3.05, 3.63) is 89.0 Å². The molecule has 1 N–H and O–H groups in total. The van der Waals surface area contributed by atoms with Crippen LogP contribution in [-0.4, -0.2) is 21.5 Å². The largest absolute Gasteiger partial charge is 0.416 e. The van der Waals surface area contributed by atoms with Gasteiger partial charge in [0.15, 0.2) is 0 Å². The first-order valence-corrected chi connectivity index (χ1v) is 11.2. The fraction of sp³-hybridized carbons (Fsp3) is 0.200. The van der Waals surface area contributed by atoms with Gasteiger partial charge in [0.25, 0.3) is 5.91 Å². The van der Waals surface area contributed by atoms with E-state index in [1.54, 1.807) is 42.2 Å². The fourth-order valence-electron chi connectivity index (χ4n) is 3.85. The summed E-state index contributed by atoms with van der Waals surface area (Å²) in [5.41, 5.74) is 3.23. The van der Waals surface area contributed by atoms with Gasteiger partial charge < -0.3 is 10.2 Å². The standard InChI is InChI=1S/C25H20BrF3N2O2/c1-15(26)24(33)31-13-17-8-11-20(12-18(17)14-31)30-23(32)22-5-3-2-4-21(22)16-6-9-19(10-7-16)25(27,28)29/h2-12,15H,13-14H2,1H3,(H,30,32). The highest BCUT2D eigenvalue weighted by Crippen LogP contribution is 2.32. The van der Waals surface area contributed by atoms with Crippen LogP contribution in [0.25, 0.3) is 11.1 Å². The number of nitrogens with one attached hydrogen (secondary N) is 1. The molecule has 0 saturated heterocycles. The molecular formula is C25H20BrF3N2O2. The van der Waals surface area contributed by atoms with Crippen molar-refractivity contribution in [3.8, 4) is 11.1 Å². The first-order valence-electron chi connectivity index (χ1n) is 10.3. The molecule has 1 aliphatic heterocycles. The van der Waals surface area contributed by atoms with Gasteiger partial charge in [-0.15, -0.1) is 0 Å². The van der Waals surface area contributed by atoms with Gasteiger partial charge in [0, 0.05) is 24.3 Å². The molecule has 4 nitrogen and oxygen atoms in total. The summed E-state index contributed by atoms with van der Waals surface area (Å²) >= 11 is 3.30. The average molecular weight is 517 g/mol. The number of benzene rings is 3. The number of carbonyl (C=O) groups excluding carboxylic acids is 2. The van der Waals surface area contributed by atoms with Crippen LogP contribution in [0.4, 0.5) is 18.9 Å². The predicted octanol–water partition coefficient (Wildman–Crippen LogP) is 6.25. The molecule has 1 aliphatic rings. The molecular weight excluding hydrogens is 497 g/mol. The van der Waals surface area contributed by atoms with E-state index in [0.717, 1.165) is 23.3 Å². The number of hydrogen-bond donors (Lipinski definition) is 1. The molecule has 0 spiro atoms. The van der Waals surface area contributed by atoms with Gasteiger partial charge in [-0.05, 0) is 59.5 Å². The summed E-state index contributed by atoms with van der Waals surface area (Å²) in [6.45, 7) is 2.77. The minimum Gasteiger partial charge on any atom is -0.333 e. The van der Waals surface area contributed by atoms with Gasteiger partial charge in [0.2, 0.25) is 5.91 Å². The molecule has 0 radical (unpaired) electrons. The van der Waals surface area contributed by atoms with Crippen molar-refractivity contribution < 1.29 is 22.8 Å². The van der Waals surface area contributed by atoms with Crippen molar-refractivity contribution in [2.75, 3.05) is 5.32 Å². The number of alkyl halides is 4. The summed E-state index contributed by atoms with van der Waals surface area (Å²) in [5, 5.41) is 2.87. The zero-order valence-electron chi connectivity index (χ0n) is 17.6. The van der Waals surface area contributed by atoms with E-state index in [-0.39, 0.29) is 16.6 Å². The second-order valence-electron chi connectivity index (χ2n) is 7.87. The number of rotatable bonds is 4. The number of hydrogen-bond acceptors (Lipinski definition) is 2. The highest BCUT2D eigenvalue weighted by molar-refractivity contribution is 9.10. The van der Waals surface area contributed by atoms with Crippen molar-refractivity contribution in [3.63, 3.8) is 0 Å². The third kappa shape index (κ3) is 4.95. The Morgan fingerprint density at radius 2 is 1.64 bits per heavy atom. The van der Waals surface area contributed by atoms with E-state index in [0.29, 0.717) is 35.5 Å². The normalized spacial score (nSPS) is 14.0. The van der Waals surface area contributed by atoms with E-state index in [4.69, 9.17) is 0 Å². The molecule has 8 heteroatoms. The van der Waals surface area contributed by atoms with Crippen LogP contribution in [0.3, 0.4) is 0 Å². The van der Waals surface area contributed by atoms with Gasteiger partial charge in [-0.2, -0.15) is 13.2 Å². The van der Waals surface area contributed by atoms with Crippen LogP contribution in [0.1, 0.15) is 34.0 Å². The van der Waals surface area contributed by atoms with Crippen LogP contribution >= 0.6 is 15.9 Å². The summed E-state index contributed by atoms with van der Waals surface area (Å²) in [6.07, 6.45) is -4.42. The molecule has 3 aromatic rings. The number of nitrogens with zero attached hydrogens (tertiary/aromatic N) is 1. The van der Waals surface area contributed by atoms with Crippen molar-refractivity contribution in [2.45, 2.75) is 31.0 Å². The van der Waals surface area contributed by atoms with Gasteiger partial charge >= 0.3 is 6.18 Å². The van der Waals surface area contributed by atoms with Gasteiger partial charge in [-0.3, -0.25) is 9.59 Å². The van der Waals surface area contributed by atoms with E-state index in [2.05, 4.69) is 21.2 Å². The molecule has 1 atom stereocenters. The predicted molar refractivity (Wildman–Crippen MR) is 124 cm³/mol. The van der Waals surface area contributed by atoms with Crippen molar-refractivity contribution >= 4 is 33.4 Å². The molecule has 1 heterocycles. The Morgan fingerprint density at radius 1 is 0.970 bits per heavy atom. The maximum Gasteiger partial charge on any atom is 0.416 e. The molecule has 2 amide bonds. The highest BCUT2D eigenvalue weighted by atomic mass is 79.9. The van der Waals surface area contributed by atoms with E-state index in [9.17, 15) is 22.8 Å². The Morgan fingerprint density at radius 3 is 2.30 bits per heavy atom. The Bertz CT molecular complexity index is 1210. The Hall–Kier alpha value is -3.13. The van der Waals surface area contributed by atoms with Gasteiger partial charge in [-0.1, -0.05) is 52.3 Å². The quantitative estimate of drug-likeness (QED) is 0.416. The van der Waals surface area contributed by atoms with Crippen molar-refractivity contribution in [1.82, 2.24) is 4.90 Å². The highest BCUT2D eigenvalue weighted by Gasteiger charge is 2.30. The number of carbonyl (C=O) groups is 2. The minimum absolute atomic E-state index is 0.00209. The molecule has 1 unspecified atom stereocenters. The summed E-state index contributed by atoms with van der Waals surface area (Å²) in [7, 11) is 0. The summed E-state index contributed by atoms with van der Waals surface area (Å²) in [5.74, 6) is -0.368. The third-order valence-electron chi connectivity index (χ3n) is 5.53. The molecule has 0 aliphatic carbocycles. The number of fused-ring (bicyclic) bond motifs is 1. The number of anilines is 1. The average Bonchev–Trinajstić information content (AvgIpc) is 3.21. The van der Waals surface area contributed by atoms with E-state index in [1.165, 1.54) is 12.1 Å². The Labute approximate surface area is 197 Å². The summed E-state index contributed by atoms with van der Waals surface area (Å²) < 4.78 is 38.7. The third-order valence-corrected chi connectivity index (χ3v) is 5.93. The Balaban J connectivity index is 1.54. The van der Waals surface area contributed by atoms with Crippen LogP contribution in [-0.2, 0) is 24.1 Å². The molecule has 0 fully saturated rings. The first-order chi connectivity index (χ1) is 15.6. The number of amides is 2. The lowest BCUT2D eigenvalue weighted by Crippen LogP contribution is -2.30. The number of halogens is 4. The molecule has 0 saturated carbocycles. The van der Waals surface area contributed by atoms with Crippen LogP contribution in [0.2, 0.25) is 0 Å². The molecule has 3 aromatic carbocycles. The lowest BCUT2D eigenvalue weighted by atomic mass is 9.98. The van der Waals surface area contributed by atoms with Gasteiger partial charge in [0.05, 0.1) is 10.4 Å². The van der Waals surface area contributed by atoms with Gasteiger partial charge in [0.1, 0.15) is 0 Å². The molecule has 0 bridgehead atoms. The maximum absolute atomic E-state index is 13.0. The molecule has 4 rings (SSSR count). The zero-order chi connectivity index (χ0) is 23.8. The zero-order valence-corrected chi connectivity index (χ0v) is 19.2. The Kier molecular flexibility index (Phi) is 6.30. The first kappa shape index (κ1) is 23.0. The summed E-state index contributed by atoms with van der Waals surface area (Å²) in [4.78, 5) is 26.8. The second-order valence-corrected chi connectivity index (χ2v) is 9.24. The fourth-order valence-corrected chi connectivity index (χ4v) is 4.14. The van der Waals surface area contributed by atoms with Crippen LogP contribution < -0.4 is 5.32 Å². The van der Waals surface area contributed by atoms with E-state index in [1.807, 2.05) is 12.1 Å². The maximum atomic E-state index is 13.0. The van der Waals surface area contributed by atoms with Crippen molar-refractivity contribution in [1.29, 1.82) is 0 Å². The topological polar surface area (TPSA) is 49.4 Å². The molecule has 0 aromatic heterocycles. The second kappa shape index (κ2) is 9.02. The molecule has 170 valence electrons. The van der Waals surface area contributed by atoms with Crippen molar-refractivity contribution in [2.24, 2.45) is 0 Å². The lowest BCUT2D eigenvalue weighted by molar-refractivity contribution is -0.137. The van der Waals surface area contributed by atoms with Crippen LogP contribution in [0.15, 0.2) is 66.7 Å². The molecule has 33 heavy (non-hydrogen) atoms. The summed E-state index contributed by atoms with van der Waals surface area (Å²) in [6, 6.07) is 17.0.